The van der Waals surface area contributed by atoms with E-state index in [0.29, 0.717) is 0 Å². The predicted molar refractivity (Wildman–Crippen MR) is 71.2 cm³/mol. The first kappa shape index (κ1) is 12.1. The van der Waals surface area contributed by atoms with Crippen molar-refractivity contribution in [2.75, 3.05) is 32.5 Å². The Labute approximate surface area is 104 Å². The van der Waals surface area contributed by atoms with Crippen molar-refractivity contribution in [2.24, 2.45) is 0 Å². The van der Waals surface area contributed by atoms with Crippen LogP contribution in [0.4, 0.5) is 5.69 Å². The maximum atomic E-state index is 5.86. The molecule has 14 heavy (non-hydrogen) atoms. The Hall–Kier alpha value is -0.000000000000000111. The van der Waals surface area contributed by atoms with E-state index in [0.717, 1.165) is 27.4 Å². The fraction of sp³-hybridized carbons (Fsp3) is 0.400. The topological polar surface area (TPSA) is 15.3 Å². The first-order chi connectivity index (χ1) is 6.59. The highest BCUT2D eigenvalue weighted by atomic mass is 127. The van der Waals surface area contributed by atoms with E-state index in [1.165, 1.54) is 0 Å². The number of nitrogens with one attached hydrogen (secondary N) is 1. The van der Waals surface area contributed by atoms with Crippen LogP contribution in [-0.4, -0.2) is 32.1 Å². The van der Waals surface area contributed by atoms with Gasteiger partial charge < -0.3 is 10.2 Å². The zero-order valence-electron chi connectivity index (χ0n) is 8.35. The van der Waals surface area contributed by atoms with Crippen molar-refractivity contribution in [3.05, 3.63) is 26.8 Å². The van der Waals surface area contributed by atoms with E-state index < -0.39 is 0 Å². The van der Waals surface area contributed by atoms with Crippen molar-refractivity contribution >= 4 is 39.9 Å². The molecule has 2 nitrogen and oxygen atoms in total. The van der Waals surface area contributed by atoms with Crippen LogP contribution in [0.3, 0.4) is 0 Å². The number of hydrogen-bond acceptors (Lipinski definition) is 2. The number of rotatable bonds is 4. The summed E-state index contributed by atoms with van der Waals surface area (Å²) in [5.74, 6) is 0. The van der Waals surface area contributed by atoms with Gasteiger partial charge in [0, 0.05) is 27.4 Å². The van der Waals surface area contributed by atoms with E-state index in [9.17, 15) is 0 Å². The number of anilines is 1. The number of hydrogen-bond donors (Lipinski definition) is 1. The van der Waals surface area contributed by atoms with Crippen LogP contribution < -0.4 is 5.32 Å². The Kier molecular flexibility index (Phi) is 4.98. The Morgan fingerprint density at radius 2 is 2.14 bits per heavy atom. The molecule has 0 aliphatic rings. The second-order valence-electron chi connectivity index (χ2n) is 3.35. The van der Waals surface area contributed by atoms with Gasteiger partial charge in [0.05, 0.1) is 0 Å². The summed E-state index contributed by atoms with van der Waals surface area (Å²) in [7, 11) is 4.13. The molecule has 0 amide bonds. The van der Waals surface area contributed by atoms with Gasteiger partial charge in [0.2, 0.25) is 0 Å². The normalized spacial score (nSPS) is 10.6. The summed E-state index contributed by atoms with van der Waals surface area (Å²) in [6, 6.07) is 5.88. The molecule has 0 aromatic heterocycles. The van der Waals surface area contributed by atoms with Crippen molar-refractivity contribution in [3.63, 3.8) is 0 Å². The number of likely N-dealkylation sites (N-methyl/N-ethyl adjacent to an activating group) is 1. The van der Waals surface area contributed by atoms with Gasteiger partial charge in [-0.15, -0.1) is 0 Å². The third-order valence-corrected chi connectivity index (χ3v) is 2.93. The van der Waals surface area contributed by atoms with E-state index in [1.54, 1.807) is 0 Å². The highest BCUT2D eigenvalue weighted by Gasteiger charge is 1.99. The molecule has 0 aliphatic carbocycles. The van der Waals surface area contributed by atoms with Crippen LogP contribution >= 0.6 is 34.2 Å². The first-order valence-electron chi connectivity index (χ1n) is 4.43. The number of nitrogens with zero attached hydrogens (tertiary/aromatic N) is 1. The van der Waals surface area contributed by atoms with Gasteiger partial charge in [-0.2, -0.15) is 0 Å². The molecule has 0 saturated heterocycles. The molecule has 0 heterocycles. The summed E-state index contributed by atoms with van der Waals surface area (Å²) in [5.41, 5.74) is 1.15. The average molecular weight is 325 g/mol. The number of halogens is 2. The summed E-state index contributed by atoms with van der Waals surface area (Å²) >= 11 is 8.14. The maximum Gasteiger partial charge on any atom is 0.0477 e. The van der Waals surface area contributed by atoms with Gasteiger partial charge in [-0.1, -0.05) is 11.6 Å². The van der Waals surface area contributed by atoms with Gasteiger partial charge >= 0.3 is 0 Å². The summed E-state index contributed by atoms with van der Waals surface area (Å²) in [5, 5.41) is 4.15. The molecule has 0 atom stereocenters. The van der Waals surface area contributed by atoms with E-state index in [4.69, 9.17) is 11.6 Å². The lowest BCUT2D eigenvalue weighted by molar-refractivity contribution is 0.425. The van der Waals surface area contributed by atoms with Gasteiger partial charge in [0.15, 0.2) is 0 Å². The lowest BCUT2D eigenvalue weighted by Gasteiger charge is -2.12. The van der Waals surface area contributed by atoms with Gasteiger partial charge in [0.1, 0.15) is 0 Å². The van der Waals surface area contributed by atoms with Crippen molar-refractivity contribution in [1.29, 1.82) is 0 Å². The molecule has 0 fully saturated rings. The summed E-state index contributed by atoms with van der Waals surface area (Å²) in [4.78, 5) is 2.15. The quantitative estimate of drug-likeness (QED) is 0.857. The zero-order chi connectivity index (χ0) is 10.6. The Balaban J connectivity index is 2.51. The van der Waals surface area contributed by atoms with Crippen LogP contribution in [0.25, 0.3) is 0 Å². The Morgan fingerprint density at radius 3 is 2.71 bits per heavy atom. The van der Waals surface area contributed by atoms with Crippen molar-refractivity contribution < 1.29 is 0 Å². The molecule has 78 valence electrons. The second kappa shape index (κ2) is 5.78. The van der Waals surface area contributed by atoms with E-state index in [2.05, 4.69) is 46.9 Å². The third kappa shape index (κ3) is 4.02. The van der Waals surface area contributed by atoms with Crippen molar-refractivity contribution in [1.82, 2.24) is 4.90 Å². The van der Waals surface area contributed by atoms with Crippen LogP contribution in [0.2, 0.25) is 5.02 Å². The van der Waals surface area contributed by atoms with Gasteiger partial charge in [-0.05, 0) is 54.9 Å². The van der Waals surface area contributed by atoms with E-state index in [1.807, 2.05) is 18.2 Å². The lowest BCUT2D eigenvalue weighted by atomic mass is 10.3. The molecular formula is C10H14ClIN2. The molecule has 1 aromatic carbocycles. The summed E-state index contributed by atoms with van der Waals surface area (Å²) in [6.45, 7) is 1.98. The van der Waals surface area contributed by atoms with Crippen LogP contribution in [0.15, 0.2) is 18.2 Å². The number of benzene rings is 1. The van der Waals surface area contributed by atoms with Crippen LogP contribution in [-0.2, 0) is 0 Å². The third-order valence-electron chi connectivity index (χ3n) is 1.81. The SMILES string of the molecule is CN(C)CCNc1ccc(Cl)cc1I. The fourth-order valence-electron chi connectivity index (χ4n) is 1.05. The first-order valence-corrected chi connectivity index (χ1v) is 5.89. The maximum absolute atomic E-state index is 5.86. The molecule has 0 spiro atoms. The minimum absolute atomic E-state index is 0.785. The zero-order valence-corrected chi connectivity index (χ0v) is 11.3. The van der Waals surface area contributed by atoms with E-state index in [-0.39, 0.29) is 0 Å². The van der Waals surface area contributed by atoms with Gasteiger partial charge in [-0.3, -0.25) is 0 Å². The highest BCUT2D eigenvalue weighted by molar-refractivity contribution is 14.1. The molecule has 0 saturated carbocycles. The fourth-order valence-corrected chi connectivity index (χ4v) is 2.11. The minimum atomic E-state index is 0.785. The summed E-state index contributed by atoms with van der Waals surface area (Å²) < 4.78 is 1.16. The minimum Gasteiger partial charge on any atom is -0.383 e. The molecular weight excluding hydrogens is 310 g/mol. The predicted octanol–water partition coefficient (Wildman–Crippen LogP) is 2.92. The molecule has 0 bridgehead atoms. The molecule has 0 aliphatic heterocycles. The monoisotopic (exact) mass is 324 g/mol. The highest BCUT2D eigenvalue weighted by Crippen LogP contribution is 2.21. The van der Waals surface area contributed by atoms with Crippen molar-refractivity contribution in [2.45, 2.75) is 0 Å². The summed E-state index contributed by atoms with van der Waals surface area (Å²) in [6.07, 6.45) is 0. The van der Waals surface area contributed by atoms with Crippen molar-refractivity contribution in [3.8, 4) is 0 Å². The molecule has 0 radical (unpaired) electrons. The molecule has 1 aromatic rings. The van der Waals surface area contributed by atoms with Crippen LogP contribution in [0, 0.1) is 3.57 Å². The average Bonchev–Trinajstić information content (AvgIpc) is 2.08. The molecule has 1 N–H and O–H groups in total. The largest absolute Gasteiger partial charge is 0.383 e. The lowest BCUT2D eigenvalue weighted by Crippen LogP contribution is -2.21. The standard InChI is InChI=1S/C10H14ClIN2/c1-14(2)6-5-13-10-4-3-8(11)7-9(10)12/h3-4,7,13H,5-6H2,1-2H3. The van der Waals surface area contributed by atoms with Crippen LogP contribution in [0.1, 0.15) is 0 Å². The molecule has 1 rings (SSSR count). The Bertz CT molecular complexity index is 302. The molecule has 0 unspecified atom stereocenters. The van der Waals surface area contributed by atoms with Crippen LogP contribution in [0.5, 0.6) is 0 Å². The van der Waals surface area contributed by atoms with Gasteiger partial charge in [0.25, 0.3) is 0 Å². The second-order valence-corrected chi connectivity index (χ2v) is 4.95. The Morgan fingerprint density at radius 1 is 1.43 bits per heavy atom. The molecule has 4 heteroatoms. The van der Waals surface area contributed by atoms with E-state index >= 15 is 0 Å². The smallest absolute Gasteiger partial charge is 0.0477 e. The van der Waals surface area contributed by atoms with Gasteiger partial charge in [-0.25, -0.2) is 0 Å².